The first kappa shape index (κ1) is 21.7. The molecule has 2 aromatic rings. The molecule has 1 aromatic heterocycles. The van der Waals surface area contributed by atoms with E-state index in [9.17, 15) is 13.6 Å². The quantitative estimate of drug-likeness (QED) is 0.696. The summed E-state index contributed by atoms with van der Waals surface area (Å²) < 4.78 is 31.3. The molecule has 3 rings (SSSR count). The highest BCUT2D eigenvalue weighted by molar-refractivity contribution is 5.94. The summed E-state index contributed by atoms with van der Waals surface area (Å²) in [6.07, 6.45) is 4.78. The summed E-state index contributed by atoms with van der Waals surface area (Å²) in [5, 5.41) is 6.14. The molecule has 1 fully saturated rings. The number of hydrogen-bond acceptors (Lipinski definition) is 4. The highest BCUT2D eigenvalue weighted by Crippen LogP contribution is 2.36. The van der Waals surface area contributed by atoms with E-state index in [2.05, 4.69) is 22.2 Å². The second-order valence-electron chi connectivity index (χ2n) is 7.45. The number of piperidine rings is 1. The lowest BCUT2D eigenvalue weighted by molar-refractivity contribution is 0.0827. The van der Waals surface area contributed by atoms with Crippen LogP contribution in [0, 0.1) is 11.6 Å². The van der Waals surface area contributed by atoms with E-state index in [0.717, 1.165) is 32.0 Å². The molecule has 160 valence electrons. The summed E-state index contributed by atoms with van der Waals surface area (Å²) in [5.74, 6) is -0.933. The van der Waals surface area contributed by atoms with Crippen LogP contribution >= 0.6 is 0 Å². The van der Waals surface area contributed by atoms with E-state index in [0.29, 0.717) is 5.82 Å². The molecule has 1 aromatic carbocycles. The van der Waals surface area contributed by atoms with E-state index < -0.39 is 11.6 Å². The predicted molar refractivity (Wildman–Crippen MR) is 116 cm³/mol. The molecule has 0 spiro atoms. The molecule has 2 heterocycles. The van der Waals surface area contributed by atoms with E-state index in [1.165, 1.54) is 23.2 Å². The first-order valence-electron chi connectivity index (χ1n) is 9.90. The van der Waals surface area contributed by atoms with Gasteiger partial charge in [0.2, 0.25) is 0 Å². The second-order valence-corrected chi connectivity index (χ2v) is 7.45. The summed E-state index contributed by atoms with van der Waals surface area (Å²) in [5.41, 5.74) is 0.745. The van der Waals surface area contributed by atoms with Gasteiger partial charge in [-0.2, -0.15) is 0 Å². The van der Waals surface area contributed by atoms with Crippen LogP contribution in [0.3, 0.4) is 0 Å². The highest BCUT2D eigenvalue weighted by Gasteiger charge is 2.24. The van der Waals surface area contributed by atoms with Crippen LogP contribution in [0.1, 0.15) is 41.7 Å². The van der Waals surface area contributed by atoms with E-state index in [1.807, 2.05) is 4.57 Å². The van der Waals surface area contributed by atoms with Crippen molar-refractivity contribution < 1.29 is 13.6 Å². The van der Waals surface area contributed by atoms with Gasteiger partial charge in [0.1, 0.15) is 11.6 Å². The Morgan fingerprint density at radius 3 is 2.60 bits per heavy atom. The number of carbonyl (C=O) groups excluding carboxylic acids is 1. The molecule has 0 radical (unpaired) electrons. The summed E-state index contributed by atoms with van der Waals surface area (Å²) in [4.78, 5) is 17.8. The molecule has 0 bridgehead atoms. The van der Waals surface area contributed by atoms with E-state index in [4.69, 9.17) is 0 Å². The van der Waals surface area contributed by atoms with Gasteiger partial charge in [-0.15, -0.1) is 0 Å². The van der Waals surface area contributed by atoms with Gasteiger partial charge in [0.25, 0.3) is 5.91 Å². The number of nitrogens with zero attached hydrogens (tertiary/aromatic N) is 3. The monoisotopic (exact) mass is 415 g/mol. The van der Waals surface area contributed by atoms with E-state index >= 15 is 0 Å². The van der Waals surface area contributed by atoms with Crippen molar-refractivity contribution >= 4 is 29.3 Å². The molecule has 0 aliphatic carbocycles. The fraction of sp³-hybridized carbons (Fsp3) is 0.364. The lowest BCUT2D eigenvalue weighted by Gasteiger charge is -2.25. The standard InChI is InChI=1S/C22H27F2N5O/c1-5-26-21-20(18(24)13-29(21)16-8-10-25-11-9-16)14(2)27-19-7-6-15(12-17(19)23)22(30)28(3)4/h5-7,12-13,16,25,27H,2,8-11H2,1,3-4H3/b26-5-. The Hall–Kier alpha value is -3.00. The maximum absolute atomic E-state index is 14.9. The van der Waals surface area contributed by atoms with Crippen LogP contribution in [0.2, 0.25) is 0 Å². The molecule has 8 heteroatoms. The maximum Gasteiger partial charge on any atom is 0.253 e. The third kappa shape index (κ3) is 4.43. The summed E-state index contributed by atoms with van der Waals surface area (Å²) in [6, 6.07) is 4.25. The van der Waals surface area contributed by atoms with Crippen molar-refractivity contribution in [2.75, 3.05) is 32.5 Å². The number of halogens is 2. The van der Waals surface area contributed by atoms with Gasteiger partial charge < -0.3 is 20.1 Å². The molecule has 1 aliphatic heterocycles. The van der Waals surface area contributed by atoms with Crippen molar-refractivity contribution in [2.24, 2.45) is 4.99 Å². The molecular weight excluding hydrogens is 388 g/mol. The lowest BCUT2D eigenvalue weighted by Crippen LogP contribution is -2.29. The first-order chi connectivity index (χ1) is 14.3. The van der Waals surface area contributed by atoms with Crippen molar-refractivity contribution in [3.63, 3.8) is 0 Å². The molecular formula is C22H27F2N5O. The van der Waals surface area contributed by atoms with Gasteiger partial charge in [-0.1, -0.05) is 6.58 Å². The topological polar surface area (TPSA) is 61.7 Å². The minimum absolute atomic E-state index is 0.107. The summed E-state index contributed by atoms with van der Waals surface area (Å²) in [6.45, 7) is 7.40. The van der Waals surface area contributed by atoms with Gasteiger partial charge in [0.15, 0.2) is 5.82 Å². The SMILES string of the molecule is C=C(Nc1ccc(C(=O)N(C)C)cc1F)c1c(F)cn(C2CCNCC2)c1/N=C\C. The fourth-order valence-electron chi connectivity index (χ4n) is 3.61. The second kappa shape index (κ2) is 9.21. The van der Waals surface area contributed by atoms with E-state index in [1.54, 1.807) is 27.2 Å². The average molecular weight is 415 g/mol. The zero-order valence-electron chi connectivity index (χ0n) is 17.5. The summed E-state index contributed by atoms with van der Waals surface area (Å²) >= 11 is 0. The Balaban J connectivity index is 1.90. The molecule has 6 nitrogen and oxygen atoms in total. The van der Waals surface area contributed by atoms with Crippen LogP contribution in [0.15, 0.2) is 36.0 Å². The molecule has 2 N–H and O–H groups in total. The predicted octanol–water partition coefficient (Wildman–Crippen LogP) is 4.20. The Bertz CT molecular complexity index is 974. The van der Waals surface area contributed by atoms with Gasteiger partial charge in [-0.25, -0.2) is 13.8 Å². The number of anilines is 1. The van der Waals surface area contributed by atoms with Crippen LogP contribution in [-0.4, -0.2) is 48.8 Å². The van der Waals surface area contributed by atoms with E-state index in [-0.39, 0.29) is 34.5 Å². The average Bonchev–Trinajstić information content (AvgIpc) is 3.05. The molecule has 30 heavy (non-hydrogen) atoms. The minimum atomic E-state index is -0.623. The molecule has 1 amide bonds. The number of amides is 1. The van der Waals surface area contributed by atoms with Crippen LogP contribution in [0.5, 0.6) is 0 Å². The van der Waals surface area contributed by atoms with Crippen LogP contribution < -0.4 is 10.6 Å². The minimum Gasteiger partial charge on any atom is -0.353 e. The fourth-order valence-corrected chi connectivity index (χ4v) is 3.61. The first-order valence-corrected chi connectivity index (χ1v) is 9.90. The zero-order valence-corrected chi connectivity index (χ0v) is 17.5. The van der Waals surface area contributed by atoms with Gasteiger partial charge >= 0.3 is 0 Å². The number of aliphatic imine (C=N–C) groups is 1. The van der Waals surface area contributed by atoms with Crippen molar-refractivity contribution in [3.8, 4) is 0 Å². The van der Waals surface area contributed by atoms with Crippen LogP contribution in [0.25, 0.3) is 5.70 Å². The van der Waals surface area contributed by atoms with Gasteiger partial charge in [-0.05, 0) is 51.1 Å². The summed E-state index contributed by atoms with van der Waals surface area (Å²) in [7, 11) is 3.19. The Labute approximate surface area is 175 Å². The number of benzene rings is 1. The Kier molecular flexibility index (Phi) is 6.66. The number of aromatic nitrogens is 1. The number of nitrogens with one attached hydrogen (secondary N) is 2. The lowest BCUT2D eigenvalue weighted by atomic mass is 10.1. The number of carbonyl (C=O) groups is 1. The molecule has 1 aliphatic rings. The maximum atomic E-state index is 14.9. The molecule has 1 saturated heterocycles. The Morgan fingerprint density at radius 1 is 1.30 bits per heavy atom. The van der Waals surface area contributed by atoms with Crippen molar-refractivity contribution in [3.05, 3.63) is 53.7 Å². The van der Waals surface area contributed by atoms with Crippen molar-refractivity contribution in [1.29, 1.82) is 0 Å². The van der Waals surface area contributed by atoms with Crippen molar-refractivity contribution in [1.82, 2.24) is 14.8 Å². The smallest absolute Gasteiger partial charge is 0.253 e. The van der Waals surface area contributed by atoms with Gasteiger partial charge in [0.05, 0.1) is 11.3 Å². The van der Waals surface area contributed by atoms with Crippen LogP contribution in [-0.2, 0) is 0 Å². The third-order valence-corrected chi connectivity index (χ3v) is 5.12. The highest BCUT2D eigenvalue weighted by atomic mass is 19.1. The number of rotatable bonds is 6. The molecule has 0 saturated carbocycles. The van der Waals surface area contributed by atoms with Gasteiger partial charge in [-0.3, -0.25) is 4.79 Å². The largest absolute Gasteiger partial charge is 0.353 e. The van der Waals surface area contributed by atoms with Crippen molar-refractivity contribution in [2.45, 2.75) is 25.8 Å². The number of hydrogen-bond donors (Lipinski definition) is 2. The molecule has 0 atom stereocenters. The Morgan fingerprint density at radius 2 is 2.00 bits per heavy atom. The molecule has 0 unspecified atom stereocenters. The zero-order chi connectivity index (χ0) is 21.8. The van der Waals surface area contributed by atoms with Crippen LogP contribution in [0.4, 0.5) is 20.3 Å². The van der Waals surface area contributed by atoms with Gasteiger partial charge in [0, 0.05) is 43.8 Å². The normalized spacial score (nSPS) is 14.8. The third-order valence-electron chi connectivity index (χ3n) is 5.12.